The third-order valence-corrected chi connectivity index (χ3v) is 6.07. The number of benzene rings is 2. The van der Waals surface area contributed by atoms with Gasteiger partial charge in [-0.05, 0) is 41.7 Å². The van der Waals surface area contributed by atoms with Crippen molar-refractivity contribution in [3.8, 4) is 0 Å². The number of hydrogen-bond acceptors (Lipinski definition) is 2. The van der Waals surface area contributed by atoms with Gasteiger partial charge in [0.25, 0.3) is 0 Å². The zero-order valence-corrected chi connectivity index (χ0v) is 13.2. The minimum atomic E-state index is -3.44. The van der Waals surface area contributed by atoms with Gasteiger partial charge in [0.2, 0.25) is 10.0 Å². The second-order valence-electron chi connectivity index (χ2n) is 5.65. The van der Waals surface area contributed by atoms with E-state index in [1.54, 1.807) is 7.05 Å². The summed E-state index contributed by atoms with van der Waals surface area (Å²) < 4.78 is 39.6. The van der Waals surface area contributed by atoms with Gasteiger partial charge in [0.1, 0.15) is 5.82 Å². The summed E-state index contributed by atoms with van der Waals surface area (Å²) in [7, 11) is -1.81. The average molecular weight is 319 g/mol. The molecule has 2 aromatic carbocycles. The highest BCUT2D eigenvalue weighted by molar-refractivity contribution is 7.88. The molecular formula is C17H18FNO2S. The van der Waals surface area contributed by atoms with Crippen LogP contribution in [-0.2, 0) is 22.2 Å². The van der Waals surface area contributed by atoms with Crippen LogP contribution in [0.2, 0.25) is 0 Å². The van der Waals surface area contributed by atoms with E-state index in [0.29, 0.717) is 5.56 Å². The molecule has 1 aliphatic rings. The fourth-order valence-corrected chi connectivity index (χ4v) is 4.42. The van der Waals surface area contributed by atoms with Gasteiger partial charge < -0.3 is 0 Å². The molecule has 0 amide bonds. The average Bonchev–Trinajstić information content (AvgIpc) is 2.92. The van der Waals surface area contributed by atoms with Crippen LogP contribution in [0.4, 0.5) is 4.39 Å². The van der Waals surface area contributed by atoms with Gasteiger partial charge in [-0.25, -0.2) is 12.8 Å². The van der Waals surface area contributed by atoms with E-state index in [4.69, 9.17) is 0 Å². The Morgan fingerprint density at radius 3 is 2.55 bits per heavy atom. The van der Waals surface area contributed by atoms with E-state index in [1.807, 2.05) is 18.2 Å². The fraction of sp³-hybridized carbons (Fsp3) is 0.294. The Balaban J connectivity index is 1.82. The van der Waals surface area contributed by atoms with Gasteiger partial charge in [0.05, 0.1) is 5.75 Å². The summed E-state index contributed by atoms with van der Waals surface area (Å²) in [4.78, 5) is 0. The molecule has 1 aliphatic carbocycles. The number of sulfonamides is 1. The summed E-state index contributed by atoms with van der Waals surface area (Å²) in [5.41, 5.74) is 2.91. The Labute approximate surface area is 130 Å². The number of nitrogens with zero attached hydrogens (tertiary/aromatic N) is 1. The van der Waals surface area contributed by atoms with Crippen LogP contribution in [0, 0.1) is 5.82 Å². The summed E-state index contributed by atoms with van der Waals surface area (Å²) >= 11 is 0. The molecular weight excluding hydrogens is 301 g/mol. The van der Waals surface area contributed by atoms with Gasteiger partial charge >= 0.3 is 0 Å². The lowest BCUT2D eigenvalue weighted by molar-refractivity contribution is 0.374. The SMILES string of the molecule is CN([C@H]1CCc2ccccc21)S(=O)(=O)Cc1ccc(F)cc1. The molecule has 0 spiro atoms. The van der Waals surface area contributed by atoms with Crippen molar-refractivity contribution in [3.63, 3.8) is 0 Å². The largest absolute Gasteiger partial charge is 0.218 e. The molecule has 0 aliphatic heterocycles. The van der Waals surface area contributed by atoms with Gasteiger partial charge in [0.15, 0.2) is 0 Å². The minimum absolute atomic E-state index is 0.109. The molecule has 5 heteroatoms. The Morgan fingerprint density at radius 2 is 1.82 bits per heavy atom. The molecule has 0 N–H and O–H groups in total. The molecule has 2 aromatic rings. The third-order valence-electron chi connectivity index (χ3n) is 4.24. The first kappa shape index (κ1) is 15.2. The van der Waals surface area contributed by atoms with Gasteiger partial charge in [0, 0.05) is 13.1 Å². The molecule has 0 radical (unpaired) electrons. The zero-order chi connectivity index (χ0) is 15.7. The van der Waals surface area contributed by atoms with Crippen molar-refractivity contribution in [2.24, 2.45) is 0 Å². The predicted octanol–water partition coefficient (Wildman–Crippen LogP) is 3.27. The summed E-state index contributed by atoms with van der Waals surface area (Å²) in [6.07, 6.45) is 1.70. The van der Waals surface area contributed by atoms with Gasteiger partial charge in [-0.1, -0.05) is 36.4 Å². The first-order chi connectivity index (χ1) is 10.5. The normalized spacial score (nSPS) is 17.7. The lowest BCUT2D eigenvalue weighted by Gasteiger charge is -2.24. The first-order valence-electron chi connectivity index (χ1n) is 7.25. The highest BCUT2D eigenvalue weighted by Gasteiger charge is 2.32. The number of halogens is 1. The van der Waals surface area contributed by atoms with E-state index in [1.165, 1.54) is 34.1 Å². The smallest absolute Gasteiger partial charge is 0.212 e. The van der Waals surface area contributed by atoms with Gasteiger partial charge in [-0.15, -0.1) is 0 Å². The number of aryl methyl sites for hydroxylation is 1. The molecule has 0 bridgehead atoms. The third kappa shape index (κ3) is 2.91. The summed E-state index contributed by atoms with van der Waals surface area (Å²) in [6, 6.07) is 13.5. The molecule has 0 unspecified atom stereocenters. The van der Waals surface area contributed by atoms with E-state index in [-0.39, 0.29) is 17.6 Å². The number of rotatable bonds is 4. The lowest BCUT2D eigenvalue weighted by Crippen LogP contribution is -2.31. The van der Waals surface area contributed by atoms with E-state index in [0.717, 1.165) is 18.4 Å². The van der Waals surface area contributed by atoms with Crippen molar-refractivity contribution in [1.82, 2.24) is 4.31 Å². The van der Waals surface area contributed by atoms with Crippen LogP contribution in [0.25, 0.3) is 0 Å². The highest BCUT2D eigenvalue weighted by Crippen LogP contribution is 2.36. The molecule has 0 saturated heterocycles. The number of hydrogen-bond donors (Lipinski definition) is 0. The van der Waals surface area contributed by atoms with Crippen molar-refractivity contribution in [2.45, 2.75) is 24.6 Å². The second kappa shape index (κ2) is 5.82. The molecule has 0 fully saturated rings. The predicted molar refractivity (Wildman–Crippen MR) is 84.3 cm³/mol. The zero-order valence-electron chi connectivity index (χ0n) is 12.4. The maximum atomic E-state index is 12.9. The maximum absolute atomic E-state index is 12.9. The first-order valence-corrected chi connectivity index (χ1v) is 8.86. The Bertz CT molecular complexity index is 772. The monoisotopic (exact) mass is 319 g/mol. The fourth-order valence-electron chi connectivity index (χ4n) is 3.00. The maximum Gasteiger partial charge on any atom is 0.218 e. The molecule has 22 heavy (non-hydrogen) atoms. The van der Waals surface area contributed by atoms with Gasteiger partial charge in [-0.3, -0.25) is 0 Å². The van der Waals surface area contributed by atoms with Crippen molar-refractivity contribution >= 4 is 10.0 Å². The molecule has 116 valence electrons. The molecule has 0 aromatic heterocycles. The molecule has 3 nitrogen and oxygen atoms in total. The summed E-state index contributed by atoms with van der Waals surface area (Å²) in [6.45, 7) is 0. The Morgan fingerprint density at radius 1 is 1.14 bits per heavy atom. The standard InChI is InChI=1S/C17H18FNO2S/c1-19(17-11-8-14-4-2-3-5-16(14)17)22(20,21)12-13-6-9-15(18)10-7-13/h2-7,9-10,17H,8,11-12H2,1H3/t17-/m0/s1. The van der Waals surface area contributed by atoms with E-state index in [2.05, 4.69) is 6.07 Å². The molecule has 1 atom stereocenters. The van der Waals surface area contributed by atoms with Crippen molar-refractivity contribution in [2.75, 3.05) is 7.05 Å². The molecule has 0 saturated carbocycles. The molecule has 0 heterocycles. The van der Waals surface area contributed by atoms with Crippen LogP contribution in [0.3, 0.4) is 0 Å². The highest BCUT2D eigenvalue weighted by atomic mass is 32.2. The topological polar surface area (TPSA) is 37.4 Å². The van der Waals surface area contributed by atoms with Gasteiger partial charge in [-0.2, -0.15) is 4.31 Å². The summed E-state index contributed by atoms with van der Waals surface area (Å²) in [5.74, 6) is -0.471. The van der Waals surface area contributed by atoms with E-state index < -0.39 is 10.0 Å². The van der Waals surface area contributed by atoms with Crippen LogP contribution in [0.5, 0.6) is 0 Å². The van der Waals surface area contributed by atoms with Crippen LogP contribution < -0.4 is 0 Å². The van der Waals surface area contributed by atoms with Crippen LogP contribution in [-0.4, -0.2) is 19.8 Å². The van der Waals surface area contributed by atoms with Crippen molar-refractivity contribution in [1.29, 1.82) is 0 Å². The van der Waals surface area contributed by atoms with Crippen molar-refractivity contribution in [3.05, 3.63) is 71.0 Å². The quantitative estimate of drug-likeness (QED) is 0.867. The number of fused-ring (bicyclic) bond motifs is 1. The van der Waals surface area contributed by atoms with E-state index >= 15 is 0 Å². The van der Waals surface area contributed by atoms with Crippen molar-refractivity contribution < 1.29 is 12.8 Å². The Kier molecular flexibility index (Phi) is 4.02. The van der Waals surface area contributed by atoms with E-state index in [9.17, 15) is 12.8 Å². The summed E-state index contributed by atoms with van der Waals surface area (Å²) in [5, 5.41) is 0. The van der Waals surface area contributed by atoms with Crippen LogP contribution >= 0.6 is 0 Å². The molecule has 3 rings (SSSR count). The lowest BCUT2D eigenvalue weighted by atomic mass is 10.1. The minimum Gasteiger partial charge on any atom is -0.212 e. The van der Waals surface area contributed by atoms with Crippen LogP contribution in [0.1, 0.15) is 29.2 Å². The second-order valence-corrected chi connectivity index (χ2v) is 7.68. The van der Waals surface area contributed by atoms with Crippen LogP contribution in [0.15, 0.2) is 48.5 Å². The Hall–Kier alpha value is -1.72.